The molecule has 5 aromatic rings. The number of hydrogen-bond acceptors (Lipinski definition) is 6. The first-order valence-electron chi connectivity index (χ1n) is 11.1. The minimum atomic E-state index is -0.329. The molecular weight excluding hydrogens is 442 g/mol. The van der Waals surface area contributed by atoms with Gasteiger partial charge in [-0.05, 0) is 37.6 Å². The summed E-state index contributed by atoms with van der Waals surface area (Å²) in [5.74, 6) is 0.426. The lowest BCUT2D eigenvalue weighted by Crippen LogP contribution is -2.29. The first kappa shape index (κ1) is 20.8. The number of amides is 2. The van der Waals surface area contributed by atoms with E-state index in [1.165, 1.54) is 4.90 Å². The van der Waals surface area contributed by atoms with Crippen molar-refractivity contribution < 1.29 is 9.59 Å². The second-order valence-corrected chi connectivity index (χ2v) is 8.54. The molecule has 0 saturated heterocycles. The number of carbonyl (C=O) groups excluding carboxylic acids is 2. The number of anilines is 3. The monoisotopic (exact) mass is 463 g/mol. The van der Waals surface area contributed by atoms with Crippen LogP contribution in [-0.2, 0) is 7.05 Å². The van der Waals surface area contributed by atoms with Crippen LogP contribution in [0.2, 0.25) is 0 Å². The Morgan fingerprint density at radius 1 is 0.943 bits per heavy atom. The van der Waals surface area contributed by atoms with Gasteiger partial charge in [-0.2, -0.15) is 5.10 Å². The molecule has 0 spiro atoms. The molecule has 0 atom stereocenters. The van der Waals surface area contributed by atoms with Gasteiger partial charge >= 0.3 is 0 Å². The van der Waals surface area contributed by atoms with Gasteiger partial charge in [-0.3, -0.25) is 14.3 Å². The van der Waals surface area contributed by atoms with Crippen molar-refractivity contribution in [2.45, 2.75) is 13.8 Å². The number of aromatic amines is 1. The molecule has 0 unspecified atom stereocenters. The van der Waals surface area contributed by atoms with Gasteiger partial charge in [0, 0.05) is 42.2 Å². The Bertz CT molecular complexity index is 1610. The molecule has 3 aromatic heterocycles. The summed E-state index contributed by atoms with van der Waals surface area (Å²) in [5, 5.41) is 8.41. The van der Waals surface area contributed by atoms with E-state index in [1.807, 2.05) is 45.3 Å². The minimum Gasteiger partial charge on any atom is -0.359 e. The zero-order valence-electron chi connectivity index (χ0n) is 19.3. The maximum Gasteiger partial charge on any atom is 0.266 e. The zero-order chi connectivity index (χ0) is 24.3. The number of hydrogen-bond donors (Lipinski definition) is 2. The van der Waals surface area contributed by atoms with E-state index in [9.17, 15) is 9.59 Å². The third-order valence-corrected chi connectivity index (χ3v) is 6.31. The average molecular weight is 464 g/mol. The van der Waals surface area contributed by atoms with Crippen LogP contribution in [0.15, 0.2) is 60.9 Å². The minimum absolute atomic E-state index is 0.329. The number of imide groups is 1. The summed E-state index contributed by atoms with van der Waals surface area (Å²) in [4.78, 5) is 39.8. The third kappa shape index (κ3) is 3.20. The Morgan fingerprint density at radius 3 is 2.37 bits per heavy atom. The van der Waals surface area contributed by atoms with Gasteiger partial charge in [0.15, 0.2) is 5.82 Å². The number of aryl methyl sites for hydroxylation is 3. The van der Waals surface area contributed by atoms with Gasteiger partial charge in [0.1, 0.15) is 0 Å². The largest absolute Gasteiger partial charge is 0.359 e. The van der Waals surface area contributed by atoms with E-state index in [2.05, 4.69) is 20.4 Å². The van der Waals surface area contributed by atoms with Crippen LogP contribution < -0.4 is 10.2 Å². The number of benzene rings is 2. The SMILES string of the molecule is Cc1cnc(Nc2cc(C)n(C)n2)nc1-c1c[nH]c2c(N3C(=O)c4ccccc4C3=O)cccc12. The van der Waals surface area contributed by atoms with Gasteiger partial charge in [0.05, 0.1) is 28.0 Å². The van der Waals surface area contributed by atoms with Crippen LogP contribution in [0.1, 0.15) is 32.0 Å². The highest BCUT2D eigenvalue weighted by atomic mass is 16.2. The van der Waals surface area contributed by atoms with Crippen LogP contribution >= 0.6 is 0 Å². The second-order valence-electron chi connectivity index (χ2n) is 8.54. The molecule has 2 amide bonds. The normalized spacial score (nSPS) is 13.1. The molecule has 0 aliphatic carbocycles. The van der Waals surface area contributed by atoms with Crippen LogP contribution in [0.3, 0.4) is 0 Å². The number of fused-ring (bicyclic) bond motifs is 2. The maximum atomic E-state index is 13.1. The highest BCUT2D eigenvalue weighted by molar-refractivity contribution is 6.36. The molecule has 0 radical (unpaired) electrons. The Hall–Kier alpha value is -4.79. The number of carbonyl (C=O) groups is 2. The molecule has 0 saturated carbocycles. The topological polar surface area (TPSA) is 109 Å². The number of H-pyrrole nitrogens is 1. The lowest BCUT2D eigenvalue weighted by Gasteiger charge is -2.15. The summed E-state index contributed by atoms with van der Waals surface area (Å²) in [6.45, 7) is 3.91. The summed E-state index contributed by atoms with van der Waals surface area (Å²) in [6, 6.07) is 14.4. The number of rotatable bonds is 4. The lowest BCUT2D eigenvalue weighted by atomic mass is 10.1. The molecule has 6 rings (SSSR count). The molecule has 0 fully saturated rings. The molecular formula is C26H21N7O2. The summed E-state index contributed by atoms with van der Waals surface area (Å²) in [7, 11) is 1.87. The Labute approximate surface area is 200 Å². The number of aromatic nitrogens is 5. The quantitative estimate of drug-likeness (QED) is 0.379. The van der Waals surface area contributed by atoms with Crippen LogP contribution in [0.4, 0.5) is 17.5 Å². The lowest BCUT2D eigenvalue weighted by molar-refractivity contribution is 0.0926. The summed E-state index contributed by atoms with van der Waals surface area (Å²) in [5.41, 5.74) is 5.50. The molecule has 2 aromatic carbocycles. The van der Waals surface area contributed by atoms with Crippen LogP contribution in [0.5, 0.6) is 0 Å². The predicted octanol–water partition coefficient (Wildman–Crippen LogP) is 4.52. The molecule has 172 valence electrons. The number of para-hydroxylation sites is 1. The number of nitrogens with one attached hydrogen (secondary N) is 2. The highest BCUT2D eigenvalue weighted by Crippen LogP contribution is 2.37. The fraction of sp³-hybridized carbons (Fsp3) is 0.115. The molecule has 1 aliphatic rings. The molecule has 9 heteroatoms. The van der Waals surface area contributed by atoms with Crippen molar-refractivity contribution in [2.24, 2.45) is 7.05 Å². The maximum absolute atomic E-state index is 13.1. The van der Waals surface area contributed by atoms with E-state index in [-0.39, 0.29) is 11.8 Å². The molecule has 0 bridgehead atoms. The smallest absolute Gasteiger partial charge is 0.266 e. The molecule has 1 aliphatic heterocycles. The molecule has 4 heterocycles. The van der Waals surface area contributed by atoms with Gasteiger partial charge in [0.25, 0.3) is 11.8 Å². The van der Waals surface area contributed by atoms with Crippen molar-refractivity contribution in [1.82, 2.24) is 24.7 Å². The van der Waals surface area contributed by atoms with E-state index < -0.39 is 0 Å². The van der Waals surface area contributed by atoms with E-state index in [0.717, 1.165) is 27.9 Å². The molecule has 35 heavy (non-hydrogen) atoms. The van der Waals surface area contributed by atoms with E-state index >= 15 is 0 Å². The summed E-state index contributed by atoms with van der Waals surface area (Å²) in [6.07, 6.45) is 3.60. The van der Waals surface area contributed by atoms with Crippen molar-refractivity contribution in [3.8, 4) is 11.3 Å². The van der Waals surface area contributed by atoms with Gasteiger partial charge in [-0.15, -0.1) is 0 Å². The highest BCUT2D eigenvalue weighted by Gasteiger charge is 2.37. The van der Waals surface area contributed by atoms with Gasteiger partial charge in [-0.25, -0.2) is 14.9 Å². The Balaban J connectivity index is 1.42. The van der Waals surface area contributed by atoms with Crippen LogP contribution in [0.25, 0.3) is 22.2 Å². The first-order chi connectivity index (χ1) is 16.9. The van der Waals surface area contributed by atoms with Crippen molar-refractivity contribution in [3.05, 3.63) is 83.3 Å². The Morgan fingerprint density at radius 2 is 1.69 bits per heavy atom. The number of nitrogens with zero attached hydrogens (tertiary/aromatic N) is 5. The second kappa shape index (κ2) is 7.63. The zero-order valence-corrected chi connectivity index (χ0v) is 19.3. The standard InChI is InChI=1S/C26H21N7O2/c1-14-12-28-26(29-21-11-15(2)32(3)31-21)30-22(14)19-13-27-23-16(19)9-6-10-20(23)33-24(34)17-7-4-5-8-18(17)25(33)35/h4-13,27H,1-3H3,(H,28,29,30,31). The average Bonchev–Trinajstić information content (AvgIpc) is 3.50. The van der Waals surface area contributed by atoms with Gasteiger partial charge in [-0.1, -0.05) is 24.3 Å². The van der Waals surface area contributed by atoms with Gasteiger partial charge < -0.3 is 10.3 Å². The van der Waals surface area contributed by atoms with Crippen LogP contribution in [0, 0.1) is 13.8 Å². The van der Waals surface area contributed by atoms with E-state index in [4.69, 9.17) is 4.98 Å². The van der Waals surface area contributed by atoms with Gasteiger partial charge in [0.2, 0.25) is 5.95 Å². The third-order valence-electron chi connectivity index (χ3n) is 6.31. The molecule has 9 nitrogen and oxygen atoms in total. The first-order valence-corrected chi connectivity index (χ1v) is 11.1. The predicted molar refractivity (Wildman–Crippen MR) is 133 cm³/mol. The van der Waals surface area contributed by atoms with Crippen molar-refractivity contribution in [2.75, 3.05) is 10.2 Å². The Kier molecular flexibility index (Phi) is 4.53. The van der Waals surface area contributed by atoms with Crippen LogP contribution in [-0.4, -0.2) is 36.5 Å². The van der Waals surface area contributed by atoms with E-state index in [1.54, 1.807) is 41.2 Å². The molecule has 2 N–H and O–H groups in total. The summed E-state index contributed by atoms with van der Waals surface area (Å²) < 4.78 is 1.78. The summed E-state index contributed by atoms with van der Waals surface area (Å²) >= 11 is 0. The van der Waals surface area contributed by atoms with Crippen molar-refractivity contribution in [1.29, 1.82) is 0 Å². The fourth-order valence-corrected chi connectivity index (χ4v) is 4.44. The van der Waals surface area contributed by atoms with Crippen molar-refractivity contribution in [3.63, 3.8) is 0 Å². The fourth-order valence-electron chi connectivity index (χ4n) is 4.44. The van der Waals surface area contributed by atoms with E-state index in [0.29, 0.717) is 34.1 Å². The van der Waals surface area contributed by atoms with Crippen molar-refractivity contribution >= 4 is 40.2 Å².